The number of nitrogens with zero attached hydrogens (tertiary/aromatic N) is 4. The summed E-state index contributed by atoms with van der Waals surface area (Å²) < 4.78 is 13.2. The minimum atomic E-state index is -0.539. The summed E-state index contributed by atoms with van der Waals surface area (Å²) in [6, 6.07) is 22.7. The second-order valence-corrected chi connectivity index (χ2v) is 11.4. The van der Waals surface area contributed by atoms with E-state index in [0.29, 0.717) is 13.2 Å². The number of pyridine rings is 1. The van der Waals surface area contributed by atoms with Crippen molar-refractivity contribution < 1.29 is 14.3 Å². The first-order valence-electron chi connectivity index (χ1n) is 13.7. The predicted octanol–water partition coefficient (Wildman–Crippen LogP) is 5.83. The molecule has 3 heterocycles. The maximum atomic E-state index is 12.6. The van der Waals surface area contributed by atoms with Gasteiger partial charge in [0.1, 0.15) is 22.8 Å². The van der Waals surface area contributed by atoms with Crippen molar-refractivity contribution >= 4 is 23.1 Å². The SMILES string of the molecule is CC(C)(C)OC(=O)NC1(c2ccc(-n3c(-c4ccccc4)nc4ccc(N5CCOCC5)nc43)cc2)CCC1. The molecule has 4 aromatic rings. The molecule has 1 aliphatic heterocycles. The summed E-state index contributed by atoms with van der Waals surface area (Å²) in [6.45, 7) is 8.69. The number of imidazole rings is 1. The molecule has 2 aliphatic rings. The lowest BCUT2D eigenvalue weighted by Gasteiger charge is -2.43. The number of rotatable bonds is 5. The molecule has 1 saturated carbocycles. The average Bonchev–Trinajstić information content (AvgIpc) is 3.30. The number of hydrogen-bond acceptors (Lipinski definition) is 6. The van der Waals surface area contributed by atoms with Crippen molar-refractivity contribution in [2.45, 2.75) is 51.2 Å². The summed E-state index contributed by atoms with van der Waals surface area (Å²) in [5.41, 5.74) is 3.79. The highest BCUT2D eigenvalue weighted by atomic mass is 16.6. The number of carbonyl (C=O) groups is 1. The lowest BCUT2D eigenvalue weighted by Crippen LogP contribution is -2.52. The molecule has 2 fully saturated rings. The van der Waals surface area contributed by atoms with Gasteiger partial charge >= 0.3 is 6.09 Å². The van der Waals surface area contributed by atoms with Crippen molar-refractivity contribution in [1.82, 2.24) is 19.9 Å². The van der Waals surface area contributed by atoms with Gasteiger partial charge in [-0.25, -0.2) is 14.8 Å². The maximum Gasteiger partial charge on any atom is 0.408 e. The highest BCUT2D eigenvalue weighted by Gasteiger charge is 2.41. The van der Waals surface area contributed by atoms with Gasteiger partial charge in [0.25, 0.3) is 0 Å². The Kier molecular flexibility index (Phi) is 6.51. The van der Waals surface area contributed by atoms with Crippen LogP contribution >= 0.6 is 0 Å². The minimum Gasteiger partial charge on any atom is -0.444 e. The molecule has 2 aromatic heterocycles. The van der Waals surface area contributed by atoms with Gasteiger partial charge in [-0.15, -0.1) is 0 Å². The molecule has 0 atom stereocenters. The molecule has 2 aromatic carbocycles. The Labute approximate surface area is 229 Å². The van der Waals surface area contributed by atoms with Gasteiger partial charge in [-0.1, -0.05) is 42.5 Å². The third kappa shape index (κ3) is 5.08. The van der Waals surface area contributed by atoms with Crippen LogP contribution in [0.2, 0.25) is 0 Å². The van der Waals surface area contributed by atoms with E-state index >= 15 is 0 Å². The molecule has 8 heteroatoms. The first-order valence-corrected chi connectivity index (χ1v) is 13.7. The van der Waals surface area contributed by atoms with E-state index < -0.39 is 11.1 Å². The van der Waals surface area contributed by atoms with Crippen LogP contribution < -0.4 is 10.2 Å². The molecule has 202 valence electrons. The van der Waals surface area contributed by atoms with Crippen molar-refractivity contribution in [3.8, 4) is 17.1 Å². The highest BCUT2D eigenvalue weighted by molar-refractivity contribution is 5.81. The zero-order valence-electron chi connectivity index (χ0n) is 22.8. The Balaban J connectivity index is 1.39. The van der Waals surface area contributed by atoms with Gasteiger partial charge in [-0.2, -0.15) is 0 Å². The number of fused-ring (bicyclic) bond motifs is 1. The number of aromatic nitrogens is 3. The zero-order valence-corrected chi connectivity index (χ0v) is 22.8. The molecule has 0 unspecified atom stereocenters. The van der Waals surface area contributed by atoms with Gasteiger partial charge in [0.2, 0.25) is 0 Å². The average molecular weight is 526 g/mol. The second-order valence-electron chi connectivity index (χ2n) is 11.4. The topological polar surface area (TPSA) is 81.5 Å². The van der Waals surface area contributed by atoms with Crippen LogP contribution in [0.15, 0.2) is 66.7 Å². The van der Waals surface area contributed by atoms with Crippen LogP contribution in [0.5, 0.6) is 0 Å². The summed E-state index contributed by atoms with van der Waals surface area (Å²) in [7, 11) is 0. The molecule has 8 nitrogen and oxygen atoms in total. The predicted molar refractivity (Wildman–Crippen MR) is 152 cm³/mol. The number of anilines is 1. The molecule has 39 heavy (non-hydrogen) atoms. The first-order chi connectivity index (χ1) is 18.8. The van der Waals surface area contributed by atoms with Gasteiger partial charge in [0.05, 0.1) is 18.8 Å². The first kappa shape index (κ1) is 25.4. The van der Waals surface area contributed by atoms with Crippen LogP contribution in [0.4, 0.5) is 10.6 Å². The molecule has 6 rings (SSSR count). The van der Waals surface area contributed by atoms with Gasteiger partial charge in [-0.05, 0) is 69.9 Å². The number of nitrogens with one attached hydrogen (secondary N) is 1. The molecule has 1 N–H and O–H groups in total. The fraction of sp³-hybridized carbons (Fsp3) is 0.387. The smallest absolute Gasteiger partial charge is 0.408 e. The lowest BCUT2D eigenvalue weighted by atomic mass is 9.72. The van der Waals surface area contributed by atoms with E-state index in [2.05, 4.69) is 57.2 Å². The van der Waals surface area contributed by atoms with E-state index in [-0.39, 0.29) is 6.09 Å². The Morgan fingerprint density at radius 3 is 2.31 bits per heavy atom. The van der Waals surface area contributed by atoms with Crippen molar-refractivity contribution in [2.75, 3.05) is 31.2 Å². The van der Waals surface area contributed by atoms with E-state index in [1.54, 1.807) is 0 Å². The van der Waals surface area contributed by atoms with E-state index in [1.165, 1.54) is 0 Å². The quantitative estimate of drug-likeness (QED) is 0.353. The number of benzene rings is 2. The molecule has 0 spiro atoms. The molecular formula is C31H35N5O3. The number of carbonyl (C=O) groups excluding carboxylic acids is 1. The van der Waals surface area contributed by atoms with Crippen molar-refractivity contribution in [3.63, 3.8) is 0 Å². The molecule has 1 saturated heterocycles. The molecular weight excluding hydrogens is 490 g/mol. The van der Waals surface area contributed by atoms with Crippen molar-refractivity contribution in [2.24, 2.45) is 0 Å². The van der Waals surface area contributed by atoms with Crippen molar-refractivity contribution in [1.29, 1.82) is 0 Å². The lowest BCUT2D eigenvalue weighted by molar-refractivity contribution is 0.0377. The van der Waals surface area contributed by atoms with Crippen LogP contribution in [0.3, 0.4) is 0 Å². The minimum absolute atomic E-state index is 0.377. The van der Waals surface area contributed by atoms with Crippen LogP contribution in [0, 0.1) is 0 Å². The number of morpholine rings is 1. The van der Waals surface area contributed by atoms with Crippen LogP contribution in [0.1, 0.15) is 45.6 Å². The van der Waals surface area contributed by atoms with Gasteiger partial charge < -0.3 is 19.7 Å². The largest absolute Gasteiger partial charge is 0.444 e. The summed E-state index contributed by atoms with van der Waals surface area (Å²) in [4.78, 5) is 25.0. The summed E-state index contributed by atoms with van der Waals surface area (Å²) >= 11 is 0. The van der Waals surface area contributed by atoms with E-state index in [1.807, 2.05) is 45.0 Å². The monoisotopic (exact) mass is 525 g/mol. The normalized spacial score (nSPS) is 17.1. The van der Waals surface area contributed by atoms with Crippen LogP contribution in [-0.2, 0) is 15.0 Å². The van der Waals surface area contributed by atoms with Gasteiger partial charge in [0.15, 0.2) is 5.65 Å². The van der Waals surface area contributed by atoms with E-state index in [0.717, 1.165) is 72.0 Å². The third-order valence-electron chi connectivity index (χ3n) is 7.48. The molecule has 0 radical (unpaired) electrons. The summed E-state index contributed by atoms with van der Waals surface area (Å²) in [5.74, 6) is 1.77. The van der Waals surface area contributed by atoms with Crippen LogP contribution in [0.25, 0.3) is 28.2 Å². The standard InChI is InChI=1S/C31H35N5O3/c1-30(2,3)39-29(37)34-31(16-7-17-31)23-10-12-24(13-11-23)36-27(22-8-5-4-6-9-22)32-25-14-15-26(33-28(25)36)35-18-20-38-21-19-35/h4-6,8-15H,7,16-21H2,1-3H3,(H,34,37). The number of amides is 1. The maximum absolute atomic E-state index is 12.6. The Morgan fingerprint density at radius 2 is 1.67 bits per heavy atom. The van der Waals surface area contributed by atoms with Crippen molar-refractivity contribution in [3.05, 3.63) is 72.3 Å². The number of alkyl carbamates (subject to hydrolysis) is 1. The van der Waals surface area contributed by atoms with Gasteiger partial charge in [0, 0.05) is 24.3 Å². The number of hydrogen-bond donors (Lipinski definition) is 1. The number of ether oxygens (including phenoxy) is 2. The summed E-state index contributed by atoms with van der Waals surface area (Å²) in [6.07, 6.45) is 2.47. The fourth-order valence-corrected chi connectivity index (χ4v) is 5.39. The molecule has 0 bridgehead atoms. The highest BCUT2D eigenvalue weighted by Crippen LogP contribution is 2.42. The van der Waals surface area contributed by atoms with Gasteiger partial charge in [-0.3, -0.25) is 4.57 Å². The van der Waals surface area contributed by atoms with E-state index in [4.69, 9.17) is 19.4 Å². The Morgan fingerprint density at radius 1 is 0.949 bits per heavy atom. The summed E-state index contributed by atoms with van der Waals surface area (Å²) in [5, 5.41) is 3.16. The van der Waals surface area contributed by atoms with Crippen LogP contribution in [-0.4, -0.2) is 52.5 Å². The Bertz CT molecular complexity index is 1460. The molecule has 1 amide bonds. The zero-order chi connectivity index (χ0) is 27.0. The molecule has 1 aliphatic carbocycles. The van der Waals surface area contributed by atoms with E-state index in [9.17, 15) is 4.79 Å². The fourth-order valence-electron chi connectivity index (χ4n) is 5.39. The third-order valence-corrected chi connectivity index (χ3v) is 7.48. The Hall–Kier alpha value is -3.91. The second kappa shape index (κ2) is 10.0.